The highest BCUT2D eigenvalue weighted by Crippen LogP contribution is 2.25. The predicted molar refractivity (Wildman–Crippen MR) is 129 cm³/mol. The molecule has 0 bridgehead atoms. The van der Waals surface area contributed by atoms with Gasteiger partial charge in [-0.2, -0.15) is 0 Å². The van der Waals surface area contributed by atoms with E-state index in [4.69, 9.17) is 9.47 Å². The van der Waals surface area contributed by atoms with Crippen molar-refractivity contribution in [2.45, 2.75) is 4.90 Å². The number of rotatable bonds is 7. The average Bonchev–Trinajstić information content (AvgIpc) is 2.82. The van der Waals surface area contributed by atoms with Crippen LogP contribution in [-0.4, -0.2) is 5.90 Å². The normalized spacial score (nSPS) is 11.4. The third-order valence-electron chi connectivity index (χ3n) is 4.18. The molecule has 0 N–H and O–H groups in total. The van der Waals surface area contributed by atoms with Crippen molar-refractivity contribution in [2.24, 2.45) is 4.99 Å². The van der Waals surface area contributed by atoms with Gasteiger partial charge in [-0.15, -0.1) is 0 Å². The van der Waals surface area contributed by atoms with E-state index in [-0.39, 0.29) is 0 Å². The zero-order chi connectivity index (χ0) is 21.1. The van der Waals surface area contributed by atoms with Gasteiger partial charge in [0.2, 0.25) is 5.90 Å². The third kappa shape index (κ3) is 6.63. The summed E-state index contributed by atoms with van der Waals surface area (Å²) >= 11 is 1.61. The maximum atomic E-state index is 6.00. The van der Waals surface area contributed by atoms with Crippen LogP contribution in [0.15, 0.2) is 137 Å². The van der Waals surface area contributed by atoms with Gasteiger partial charge in [-0.05, 0) is 66.1 Å². The maximum Gasteiger partial charge on any atom is 0.220 e. The Morgan fingerprint density at radius 1 is 0.613 bits per heavy atom. The van der Waals surface area contributed by atoms with E-state index in [9.17, 15) is 0 Å². The fourth-order valence-corrected chi connectivity index (χ4v) is 3.37. The zero-order valence-corrected chi connectivity index (χ0v) is 17.6. The summed E-state index contributed by atoms with van der Waals surface area (Å²) in [6, 6.07) is 37.1. The fraction of sp³-hybridized carbons (Fsp3) is 0. The molecule has 3 nitrogen and oxygen atoms in total. The summed E-state index contributed by atoms with van der Waals surface area (Å²) in [7, 11) is 0. The number of hydrogen-bond acceptors (Lipinski definition) is 4. The summed E-state index contributed by atoms with van der Waals surface area (Å²) in [4.78, 5) is 5.82. The van der Waals surface area contributed by atoms with Gasteiger partial charge >= 0.3 is 0 Å². The minimum atomic E-state index is 0.506. The Hall–Kier alpha value is -3.76. The van der Waals surface area contributed by atoms with Gasteiger partial charge in [0.15, 0.2) is 0 Å². The Morgan fingerprint density at radius 3 is 1.81 bits per heavy atom. The summed E-state index contributed by atoms with van der Waals surface area (Å²) in [6.07, 6.45) is 1.87. The smallest absolute Gasteiger partial charge is 0.220 e. The van der Waals surface area contributed by atoms with E-state index in [1.807, 2.05) is 115 Å². The highest BCUT2D eigenvalue weighted by atomic mass is 32.2. The minimum Gasteiger partial charge on any atom is -0.457 e. The molecule has 4 heteroatoms. The highest BCUT2D eigenvalue weighted by Gasteiger charge is 2.02. The van der Waals surface area contributed by atoms with Crippen molar-refractivity contribution in [3.8, 4) is 17.2 Å². The van der Waals surface area contributed by atoms with Crippen LogP contribution in [-0.2, 0) is 0 Å². The van der Waals surface area contributed by atoms with Crippen molar-refractivity contribution in [3.05, 3.63) is 127 Å². The van der Waals surface area contributed by atoms with Gasteiger partial charge in [0.25, 0.3) is 0 Å². The van der Waals surface area contributed by atoms with E-state index in [1.54, 1.807) is 11.8 Å². The van der Waals surface area contributed by atoms with Gasteiger partial charge in [-0.3, -0.25) is 0 Å². The van der Waals surface area contributed by atoms with E-state index in [0.29, 0.717) is 5.90 Å². The van der Waals surface area contributed by atoms with Crippen molar-refractivity contribution in [3.63, 3.8) is 0 Å². The van der Waals surface area contributed by atoms with Gasteiger partial charge in [-0.1, -0.05) is 66.4 Å². The van der Waals surface area contributed by atoms with E-state index in [0.717, 1.165) is 27.8 Å². The number of benzene rings is 4. The summed E-state index contributed by atoms with van der Waals surface area (Å²) in [5.74, 6) is 2.80. The van der Waals surface area contributed by atoms with Gasteiger partial charge in [0, 0.05) is 11.0 Å². The Bertz CT molecular complexity index is 1130. The number of ether oxygens (including phenoxy) is 2. The van der Waals surface area contributed by atoms with Crippen LogP contribution in [0.5, 0.6) is 17.2 Å². The first kappa shape index (κ1) is 20.5. The van der Waals surface area contributed by atoms with Gasteiger partial charge in [0.1, 0.15) is 17.2 Å². The fourth-order valence-electron chi connectivity index (χ4n) is 2.71. The molecule has 4 aromatic rings. The standard InChI is InChI=1S/C27H21NO2S/c1-4-10-23(11-5-1)29-25-18-16-22(17-19-25)28-27(30-24-12-6-2-7-13-24)20-21-31-26-14-8-3-9-15-26/h1-21H. The number of para-hydroxylation sites is 2. The lowest BCUT2D eigenvalue weighted by atomic mass is 10.3. The monoisotopic (exact) mass is 423 g/mol. The molecule has 0 saturated heterocycles. The first-order chi connectivity index (χ1) is 15.3. The molecule has 0 aliphatic heterocycles. The van der Waals surface area contributed by atoms with E-state index < -0.39 is 0 Å². The van der Waals surface area contributed by atoms with Crippen molar-refractivity contribution in [1.82, 2.24) is 0 Å². The lowest BCUT2D eigenvalue weighted by molar-refractivity contribution is 0.482. The second-order valence-electron chi connectivity index (χ2n) is 6.51. The lowest BCUT2D eigenvalue weighted by Gasteiger charge is -2.07. The van der Waals surface area contributed by atoms with Crippen LogP contribution in [0, 0.1) is 0 Å². The molecule has 4 aromatic carbocycles. The molecule has 0 unspecified atom stereocenters. The molecule has 0 fully saturated rings. The molecule has 152 valence electrons. The van der Waals surface area contributed by atoms with Crippen LogP contribution in [0.2, 0.25) is 0 Å². The molecule has 4 rings (SSSR count). The van der Waals surface area contributed by atoms with Crippen molar-refractivity contribution in [2.75, 3.05) is 0 Å². The molecule has 0 heterocycles. The van der Waals surface area contributed by atoms with Crippen molar-refractivity contribution < 1.29 is 9.47 Å². The van der Waals surface area contributed by atoms with Crippen LogP contribution in [0.25, 0.3) is 0 Å². The molecule has 31 heavy (non-hydrogen) atoms. The predicted octanol–water partition coefficient (Wildman–Crippen LogP) is 7.89. The Labute approximate surface area is 186 Å². The number of thioether (sulfide) groups is 1. The molecule has 0 aliphatic rings. The quantitative estimate of drug-likeness (QED) is 0.172. The van der Waals surface area contributed by atoms with Gasteiger partial charge in [-0.25, -0.2) is 4.99 Å². The average molecular weight is 424 g/mol. The van der Waals surface area contributed by atoms with E-state index in [1.165, 1.54) is 0 Å². The summed E-state index contributed by atoms with van der Waals surface area (Å²) in [6.45, 7) is 0. The van der Waals surface area contributed by atoms with Gasteiger partial charge in [0.05, 0.1) is 5.69 Å². The summed E-state index contributed by atoms with van der Waals surface area (Å²) in [5, 5.41) is 1.98. The van der Waals surface area contributed by atoms with Crippen LogP contribution in [0.1, 0.15) is 0 Å². The maximum absolute atomic E-state index is 6.00. The largest absolute Gasteiger partial charge is 0.457 e. The van der Waals surface area contributed by atoms with Crippen molar-refractivity contribution >= 4 is 23.3 Å². The molecule has 0 amide bonds. The SMILES string of the molecule is C(=CC(=Nc1ccc(Oc2ccccc2)cc1)Oc1ccccc1)Sc1ccccc1. The van der Waals surface area contributed by atoms with Gasteiger partial charge < -0.3 is 9.47 Å². The molecule has 0 spiro atoms. The number of nitrogens with zero attached hydrogens (tertiary/aromatic N) is 1. The summed E-state index contributed by atoms with van der Waals surface area (Å²) < 4.78 is 11.9. The second kappa shape index (κ2) is 10.9. The van der Waals surface area contributed by atoms with Crippen molar-refractivity contribution in [1.29, 1.82) is 0 Å². The first-order valence-corrected chi connectivity index (χ1v) is 10.8. The van der Waals surface area contributed by atoms with Crippen LogP contribution in [0.3, 0.4) is 0 Å². The topological polar surface area (TPSA) is 30.8 Å². The van der Waals surface area contributed by atoms with E-state index >= 15 is 0 Å². The number of hydrogen-bond donors (Lipinski definition) is 0. The second-order valence-corrected chi connectivity index (χ2v) is 7.49. The molecule has 0 saturated carbocycles. The van der Waals surface area contributed by atoms with E-state index in [2.05, 4.69) is 17.1 Å². The minimum absolute atomic E-state index is 0.506. The molecule has 0 atom stereocenters. The Balaban J connectivity index is 1.50. The molecule has 0 radical (unpaired) electrons. The molecular formula is C27H21NO2S. The first-order valence-electron chi connectivity index (χ1n) is 9.88. The van der Waals surface area contributed by atoms with Crippen LogP contribution in [0.4, 0.5) is 5.69 Å². The zero-order valence-electron chi connectivity index (χ0n) is 16.8. The molecule has 0 aliphatic carbocycles. The van der Waals surface area contributed by atoms with Crippen LogP contribution >= 0.6 is 11.8 Å². The van der Waals surface area contributed by atoms with Crippen LogP contribution < -0.4 is 9.47 Å². The summed E-state index contributed by atoms with van der Waals surface area (Å²) in [5.41, 5.74) is 0.778. The Morgan fingerprint density at radius 2 is 1.16 bits per heavy atom. The highest BCUT2D eigenvalue weighted by molar-refractivity contribution is 8.02. The Kier molecular flexibility index (Phi) is 7.18. The third-order valence-corrected chi connectivity index (χ3v) is 4.99. The molecular weight excluding hydrogens is 402 g/mol. The lowest BCUT2D eigenvalue weighted by Crippen LogP contribution is -2.04. The molecule has 0 aromatic heterocycles. The number of aliphatic imine (C=N–C) groups is 1.